The van der Waals surface area contributed by atoms with Crippen molar-refractivity contribution < 1.29 is 9.55 Å². The minimum absolute atomic E-state index is 0.107. The van der Waals surface area contributed by atoms with Gasteiger partial charge in [0.05, 0.1) is 11.7 Å². The lowest BCUT2D eigenvalue weighted by molar-refractivity contribution is -0.518. The smallest absolute Gasteiger partial charge is 0.435 e. The Hall–Kier alpha value is -3.66. The van der Waals surface area contributed by atoms with Crippen LogP contribution in [-0.2, 0) is 4.79 Å². The van der Waals surface area contributed by atoms with Crippen LogP contribution in [0.1, 0.15) is 61.0 Å². The molecule has 0 saturated carbocycles. The summed E-state index contributed by atoms with van der Waals surface area (Å²) < 4.78 is 2.70. The van der Waals surface area contributed by atoms with Crippen LogP contribution < -0.4 is 5.32 Å². The zero-order chi connectivity index (χ0) is 26.4. The molecule has 2 aromatic rings. The van der Waals surface area contributed by atoms with Gasteiger partial charge in [-0.3, -0.25) is 9.79 Å². The fraction of sp³-hybridized carbons (Fsp3) is 0.462. The summed E-state index contributed by atoms with van der Waals surface area (Å²) in [7, 11) is 0. The lowest BCUT2D eigenvalue weighted by atomic mass is 9.84. The minimum atomic E-state index is -0.788. The van der Waals surface area contributed by atoms with Crippen molar-refractivity contribution in [2.75, 3.05) is 0 Å². The molecule has 0 unspecified atom stereocenters. The normalized spacial score (nSPS) is 24.9. The lowest BCUT2D eigenvalue weighted by Gasteiger charge is -2.45. The van der Waals surface area contributed by atoms with Gasteiger partial charge in [-0.25, -0.2) is 4.99 Å². The molecule has 10 nitrogen and oxygen atoms in total. The number of carbonyl (C=O) groups excluding carboxylic acids is 1. The Labute approximate surface area is 209 Å². The van der Waals surface area contributed by atoms with E-state index in [1.807, 2.05) is 79.7 Å². The molecule has 36 heavy (non-hydrogen) atoms. The van der Waals surface area contributed by atoms with Crippen LogP contribution in [0.3, 0.4) is 0 Å². The van der Waals surface area contributed by atoms with Gasteiger partial charge in [0.15, 0.2) is 22.7 Å². The number of aliphatic imine (C=N–C) groups is 3. The summed E-state index contributed by atoms with van der Waals surface area (Å²) >= 11 is 0. The number of amides is 1. The second kappa shape index (κ2) is 7.19. The molecule has 0 aliphatic carbocycles. The van der Waals surface area contributed by atoms with Crippen molar-refractivity contribution in [3.63, 3.8) is 0 Å². The third-order valence-corrected chi connectivity index (χ3v) is 8.31. The van der Waals surface area contributed by atoms with Crippen molar-refractivity contribution in [3.05, 3.63) is 51.8 Å². The van der Waals surface area contributed by atoms with Gasteiger partial charge in [0.2, 0.25) is 0 Å². The van der Waals surface area contributed by atoms with Gasteiger partial charge in [-0.1, -0.05) is 28.1 Å². The van der Waals surface area contributed by atoms with E-state index >= 15 is 0 Å². The predicted molar refractivity (Wildman–Crippen MR) is 141 cm³/mol. The van der Waals surface area contributed by atoms with Crippen molar-refractivity contribution in [1.29, 1.82) is 0 Å². The zero-order valence-corrected chi connectivity index (χ0v) is 21.9. The highest BCUT2D eigenvalue weighted by molar-refractivity contribution is 6.46. The fourth-order valence-corrected chi connectivity index (χ4v) is 4.40. The number of fused-ring (bicyclic) bond motifs is 1. The average molecular weight is 490 g/mol. The number of rotatable bonds is 2. The van der Waals surface area contributed by atoms with Crippen LogP contribution in [-0.4, -0.2) is 60.1 Å². The van der Waals surface area contributed by atoms with E-state index in [-0.39, 0.29) is 23.3 Å². The number of nitrogens with zero attached hydrogens (tertiary/aromatic N) is 6. The van der Waals surface area contributed by atoms with Gasteiger partial charge in [-0.2, -0.15) is 4.57 Å². The van der Waals surface area contributed by atoms with Gasteiger partial charge in [-0.05, 0) is 72.3 Å². The van der Waals surface area contributed by atoms with Crippen molar-refractivity contribution >= 4 is 40.5 Å². The Morgan fingerprint density at radius 1 is 1.00 bits per heavy atom. The molecule has 1 amide bonds. The average Bonchev–Trinajstić information content (AvgIpc) is 3.43. The first-order valence-electron chi connectivity index (χ1n) is 12.0. The number of nitroso groups, excluding NO2 is 1. The number of aromatic nitrogens is 1. The summed E-state index contributed by atoms with van der Waals surface area (Å²) in [5, 5.41) is 17.3. The van der Waals surface area contributed by atoms with Crippen LogP contribution >= 0.6 is 0 Å². The van der Waals surface area contributed by atoms with Crippen LogP contribution in [0.25, 0.3) is 17.0 Å². The standard InChI is InChI=1S/C26H31N7O3/c1-23(2)25(5,6)32(35)20(29-23)19-27-17(21(34)28-19)13-15-14-31(18-12-10-9-11-16(15)18)22-30-24(3,4)26(7,8)33(22)36/h9-14H,1-8H3,(H,27,28,34)/b17-13+. The molecule has 1 aromatic carbocycles. The van der Waals surface area contributed by atoms with Gasteiger partial charge in [0, 0.05) is 16.5 Å². The summed E-state index contributed by atoms with van der Waals surface area (Å²) in [4.78, 5) is 39.8. The van der Waals surface area contributed by atoms with Crippen LogP contribution in [0.4, 0.5) is 0 Å². The van der Waals surface area contributed by atoms with Gasteiger partial charge >= 0.3 is 5.96 Å². The van der Waals surface area contributed by atoms with Gasteiger partial charge in [-0.15, -0.1) is 0 Å². The zero-order valence-electron chi connectivity index (χ0n) is 21.9. The monoisotopic (exact) mass is 489 g/mol. The van der Waals surface area contributed by atoms with Crippen molar-refractivity contribution in [3.8, 4) is 0 Å². The summed E-state index contributed by atoms with van der Waals surface area (Å²) in [5.41, 5.74) is -1.12. The fourth-order valence-electron chi connectivity index (χ4n) is 4.40. The van der Waals surface area contributed by atoms with E-state index in [0.717, 1.165) is 20.7 Å². The van der Waals surface area contributed by atoms with Gasteiger partial charge in [0.25, 0.3) is 5.91 Å². The molecule has 0 spiro atoms. The number of para-hydroxylation sites is 1. The van der Waals surface area contributed by atoms with E-state index in [9.17, 15) is 14.9 Å². The molecule has 10 heteroatoms. The number of amidine groups is 2. The second-order valence-corrected chi connectivity index (χ2v) is 11.6. The van der Waals surface area contributed by atoms with Gasteiger partial charge < -0.3 is 15.6 Å². The molecule has 0 radical (unpaired) electrons. The highest BCUT2D eigenvalue weighted by atomic mass is 16.5. The Morgan fingerprint density at radius 3 is 2.25 bits per heavy atom. The summed E-state index contributed by atoms with van der Waals surface area (Å²) in [6.07, 6.45) is 3.45. The van der Waals surface area contributed by atoms with Gasteiger partial charge in [0.1, 0.15) is 11.2 Å². The van der Waals surface area contributed by atoms with E-state index in [0.29, 0.717) is 5.56 Å². The van der Waals surface area contributed by atoms with Crippen LogP contribution in [0.5, 0.6) is 0 Å². The molecule has 3 aliphatic rings. The van der Waals surface area contributed by atoms with Crippen molar-refractivity contribution in [2.45, 2.75) is 77.5 Å². The van der Waals surface area contributed by atoms with Crippen molar-refractivity contribution in [2.24, 2.45) is 15.0 Å². The summed E-state index contributed by atoms with van der Waals surface area (Å²) in [6, 6.07) is 7.61. The molecule has 0 fully saturated rings. The first kappa shape index (κ1) is 24.1. The first-order valence-corrected chi connectivity index (χ1v) is 12.0. The molecule has 0 atom stereocenters. The molecule has 0 bridgehead atoms. The number of hydrogen-bond acceptors (Lipinski definition) is 7. The van der Waals surface area contributed by atoms with E-state index in [4.69, 9.17) is 4.99 Å². The molecule has 1 aromatic heterocycles. The molecular formula is C26H31N7O3. The quantitative estimate of drug-likeness (QED) is 0.509. The Morgan fingerprint density at radius 2 is 1.67 bits per heavy atom. The van der Waals surface area contributed by atoms with E-state index in [1.54, 1.807) is 16.8 Å². The first-order chi connectivity index (χ1) is 16.6. The topological polar surface area (TPSA) is 117 Å². The maximum atomic E-state index is 13.2. The summed E-state index contributed by atoms with van der Waals surface area (Å²) in [5.74, 6) is 0.109. The molecule has 5 rings (SSSR count). The van der Waals surface area contributed by atoms with E-state index in [2.05, 4.69) is 15.3 Å². The molecule has 3 aliphatic heterocycles. The Bertz CT molecular complexity index is 1470. The van der Waals surface area contributed by atoms with Crippen LogP contribution in [0.2, 0.25) is 0 Å². The predicted octanol–water partition coefficient (Wildman–Crippen LogP) is 3.83. The largest absolute Gasteiger partial charge is 0.757 e. The Balaban J connectivity index is 1.59. The van der Waals surface area contributed by atoms with Crippen LogP contribution in [0.15, 0.2) is 51.1 Å². The highest BCUT2D eigenvalue weighted by Crippen LogP contribution is 2.38. The number of benzene rings is 1. The number of hydroxylamine groups is 2. The van der Waals surface area contributed by atoms with E-state index in [1.165, 1.54) is 0 Å². The molecule has 4 heterocycles. The van der Waals surface area contributed by atoms with E-state index < -0.39 is 28.1 Å². The molecular weight excluding hydrogens is 458 g/mol. The second-order valence-electron chi connectivity index (χ2n) is 11.6. The number of hydrogen-bond donors (Lipinski definition) is 1. The number of nitrogens with one attached hydrogen (secondary N) is 1. The maximum Gasteiger partial charge on any atom is 0.435 e. The number of carbonyl (C=O) groups is 1. The molecule has 0 saturated heterocycles. The molecule has 1 N–H and O–H groups in total. The van der Waals surface area contributed by atoms with Crippen molar-refractivity contribution in [1.82, 2.24) is 14.9 Å². The third kappa shape index (κ3) is 3.13. The maximum absolute atomic E-state index is 13.2. The minimum Gasteiger partial charge on any atom is -0.757 e. The van der Waals surface area contributed by atoms with Crippen LogP contribution in [0, 0.1) is 10.1 Å². The SMILES string of the molecule is CC1(C)N=C(C2=N/C(=C/c3cn(C4=NC(C)(C)C(C)(C)[N+]4=O)c4ccccc34)C(=O)N2)N([O-])C1(C)C. The third-order valence-electron chi connectivity index (χ3n) is 8.31. The lowest BCUT2D eigenvalue weighted by Crippen LogP contribution is -2.52. The highest BCUT2D eigenvalue weighted by Gasteiger charge is 2.57. The summed E-state index contributed by atoms with van der Waals surface area (Å²) in [6.45, 7) is 15.0. The Kier molecular flexibility index (Phi) is 4.80. The molecule has 188 valence electrons.